The molecule has 92 valence electrons. The predicted octanol–water partition coefficient (Wildman–Crippen LogP) is 1.36. The summed E-state index contributed by atoms with van der Waals surface area (Å²) < 4.78 is 0. The molecule has 1 aromatic rings. The molecule has 1 aromatic carbocycles. The number of hydroxylamine groups is 1. The second-order valence-electron chi connectivity index (χ2n) is 4.44. The van der Waals surface area contributed by atoms with Gasteiger partial charge in [0.25, 0.3) is 0 Å². The molecule has 3 N–H and O–H groups in total. The van der Waals surface area contributed by atoms with Crippen LogP contribution in [0, 0.1) is 5.92 Å². The first-order chi connectivity index (χ1) is 8.27. The fourth-order valence-corrected chi connectivity index (χ4v) is 2.15. The zero-order chi connectivity index (χ0) is 12.1. The highest BCUT2D eigenvalue weighted by Crippen LogP contribution is 2.23. The number of benzene rings is 1. The third-order valence-electron chi connectivity index (χ3n) is 3.16. The number of nitrogens with two attached hydrogens (primary N) is 1. The van der Waals surface area contributed by atoms with Gasteiger partial charge in [-0.25, -0.2) is 5.48 Å². The van der Waals surface area contributed by atoms with Crippen molar-refractivity contribution in [2.75, 3.05) is 0 Å². The molecule has 17 heavy (non-hydrogen) atoms. The maximum atomic E-state index is 11.7. The van der Waals surface area contributed by atoms with Crippen LogP contribution in [0.15, 0.2) is 30.3 Å². The van der Waals surface area contributed by atoms with Crippen molar-refractivity contribution in [2.24, 2.45) is 11.7 Å². The molecule has 0 radical (unpaired) electrons. The van der Waals surface area contributed by atoms with Crippen LogP contribution in [0.4, 0.5) is 0 Å². The van der Waals surface area contributed by atoms with E-state index in [0.717, 1.165) is 24.8 Å². The molecule has 0 aromatic heterocycles. The van der Waals surface area contributed by atoms with E-state index in [-0.39, 0.29) is 17.9 Å². The Morgan fingerprint density at radius 2 is 2.12 bits per heavy atom. The summed E-state index contributed by atoms with van der Waals surface area (Å²) in [5.74, 6) is -0.184. The number of hydrogen-bond donors (Lipinski definition) is 2. The van der Waals surface area contributed by atoms with E-state index in [9.17, 15) is 4.79 Å². The summed E-state index contributed by atoms with van der Waals surface area (Å²) in [7, 11) is 0. The minimum absolute atomic E-state index is 0.0182. The molecule has 1 fully saturated rings. The lowest BCUT2D eigenvalue weighted by molar-refractivity contribution is -0.139. The van der Waals surface area contributed by atoms with Gasteiger partial charge >= 0.3 is 0 Å². The second-order valence-corrected chi connectivity index (χ2v) is 4.44. The Morgan fingerprint density at radius 1 is 1.35 bits per heavy atom. The standard InChI is InChI=1S/C13H18N2O2/c14-12-8-4-7-11(12)13(16)15-17-9-10-5-2-1-3-6-10/h1-3,5-6,11-12H,4,7-9,14H2,(H,15,16). The number of rotatable bonds is 4. The molecule has 2 atom stereocenters. The minimum Gasteiger partial charge on any atom is -0.327 e. The average Bonchev–Trinajstić information content (AvgIpc) is 2.77. The molecule has 2 rings (SSSR count). The van der Waals surface area contributed by atoms with Gasteiger partial charge in [-0.3, -0.25) is 9.63 Å². The highest BCUT2D eigenvalue weighted by Gasteiger charge is 2.30. The monoisotopic (exact) mass is 234 g/mol. The van der Waals surface area contributed by atoms with E-state index in [0.29, 0.717) is 6.61 Å². The average molecular weight is 234 g/mol. The Labute approximate surface area is 101 Å². The normalized spacial score (nSPS) is 23.6. The van der Waals surface area contributed by atoms with Gasteiger partial charge in [-0.2, -0.15) is 0 Å². The molecule has 4 heteroatoms. The zero-order valence-corrected chi connectivity index (χ0v) is 9.76. The maximum Gasteiger partial charge on any atom is 0.248 e. The zero-order valence-electron chi connectivity index (χ0n) is 9.76. The van der Waals surface area contributed by atoms with Crippen LogP contribution in [-0.2, 0) is 16.2 Å². The van der Waals surface area contributed by atoms with E-state index in [1.807, 2.05) is 30.3 Å². The highest BCUT2D eigenvalue weighted by atomic mass is 16.6. The van der Waals surface area contributed by atoms with Gasteiger partial charge in [0, 0.05) is 6.04 Å². The van der Waals surface area contributed by atoms with Gasteiger partial charge in [-0.15, -0.1) is 0 Å². The second kappa shape index (κ2) is 5.80. The quantitative estimate of drug-likeness (QED) is 0.773. The van der Waals surface area contributed by atoms with Crippen molar-refractivity contribution < 1.29 is 9.63 Å². The van der Waals surface area contributed by atoms with Crippen molar-refractivity contribution in [3.63, 3.8) is 0 Å². The van der Waals surface area contributed by atoms with Gasteiger partial charge < -0.3 is 5.73 Å². The van der Waals surface area contributed by atoms with Crippen LogP contribution < -0.4 is 11.2 Å². The number of nitrogens with one attached hydrogen (secondary N) is 1. The molecule has 1 saturated carbocycles. The summed E-state index contributed by atoms with van der Waals surface area (Å²) in [6, 6.07) is 9.71. The molecule has 1 amide bonds. The summed E-state index contributed by atoms with van der Waals surface area (Å²) in [6.07, 6.45) is 2.82. The van der Waals surface area contributed by atoms with Crippen LogP contribution in [0.3, 0.4) is 0 Å². The van der Waals surface area contributed by atoms with Gasteiger partial charge in [0.15, 0.2) is 0 Å². The maximum absolute atomic E-state index is 11.7. The summed E-state index contributed by atoms with van der Waals surface area (Å²) in [4.78, 5) is 16.9. The lowest BCUT2D eigenvalue weighted by Crippen LogP contribution is -2.38. The van der Waals surface area contributed by atoms with Crippen molar-refractivity contribution in [1.29, 1.82) is 0 Å². The fourth-order valence-electron chi connectivity index (χ4n) is 2.15. The van der Waals surface area contributed by atoms with Crippen LogP contribution in [0.1, 0.15) is 24.8 Å². The molecular formula is C13H18N2O2. The van der Waals surface area contributed by atoms with Crippen LogP contribution in [0.25, 0.3) is 0 Å². The summed E-state index contributed by atoms with van der Waals surface area (Å²) >= 11 is 0. The van der Waals surface area contributed by atoms with E-state index >= 15 is 0 Å². The predicted molar refractivity (Wildman–Crippen MR) is 64.7 cm³/mol. The van der Waals surface area contributed by atoms with Crippen molar-refractivity contribution in [1.82, 2.24) is 5.48 Å². The third-order valence-corrected chi connectivity index (χ3v) is 3.16. The van der Waals surface area contributed by atoms with E-state index in [1.165, 1.54) is 0 Å². The molecule has 0 spiro atoms. The molecule has 0 bridgehead atoms. The first-order valence-corrected chi connectivity index (χ1v) is 5.98. The fraction of sp³-hybridized carbons (Fsp3) is 0.462. The molecular weight excluding hydrogens is 216 g/mol. The number of amides is 1. The summed E-state index contributed by atoms with van der Waals surface area (Å²) in [5, 5.41) is 0. The van der Waals surface area contributed by atoms with E-state index in [4.69, 9.17) is 10.6 Å². The van der Waals surface area contributed by atoms with Gasteiger partial charge in [-0.05, 0) is 18.4 Å². The van der Waals surface area contributed by atoms with Crippen LogP contribution >= 0.6 is 0 Å². The number of hydrogen-bond acceptors (Lipinski definition) is 3. The lowest BCUT2D eigenvalue weighted by atomic mass is 10.0. The SMILES string of the molecule is NC1CCCC1C(=O)NOCc1ccccc1. The number of carbonyl (C=O) groups is 1. The van der Waals surface area contributed by atoms with E-state index < -0.39 is 0 Å². The highest BCUT2D eigenvalue weighted by molar-refractivity contribution is 5.78. The molecule has 0 aliphatic heterocycles. The van der Waals surface area contributed by atoms with Gasteiger partial charge in [-0.1, -0.05) is 36.8 Å². The van der Waals surface area contributed by atoms with Crippen molar-refractivity contribution in [3.05, 3.63) is 35.9 Å². The van der Waals surface area contributed by atoms with Gasteiger partial charge in [0.1, 0.15) is 0 Å². The van der Waals surface area contributed by atoms with Crippen LogP contribution in [-0.4, -0.2) is 11.9 Å². The Morgan fingerprint density at radius 3 is 2.76 bits per heavy atom. The first kappa shape index (κ1) is 12.1. The smallest absolute Gasteiger partial charge is 0.248 e. The number of carbonyl (C=O) groups excluding carboxylic acids is 1. The third kappa shape index (κ3) is 3.28. The topological polar surface area (TPSA) is 64.4 Å². The largest absolute Gasteiger partial charge is 0.327 e. The molecule has 0 saturated heterocycles. The summed E-state index contributed by atoms with van der Waals surface area (Å²) in [5.41, 5.74) is 9.36. The van der Waals surface area contributed by atoms with Crippen molar-refractivity contribution >= 4 is 5.91 Å². The Kier molecular flexibility index (Phi) is 4.12. The van der Waals surface area contributed by atoms with Crippen molar-refractivity contribution in [2.45, 2.75) is 31.9 Å². The van der Waals surface area contributed by atoms with Crippen LogP contribution in [0.5, 0.6) is 0 Å². The Hall–Kier alpha value is -1.39. The van der Waals surface area contributed by atoms with Gasteiger partial charge in [0.2, 0.25) is 5.91 Å². The Bertz CT molecular complexity index is 367. The Balaban J connectivity index is 1.73. The minimum atomic E-state index is -0.0919. The van der Waals surface area contributed by atoms with Crippen molar-refractivity contribution in [3.8, 4) is 0 Å². The molecule has 1 aliphatic rings. The molecule has 0 heterocycles. The first-order valence-electron chi connectivity index (χ1n) is 5.98. The van der Waals surface area contributed by atoms with Crippen LogP contribution in [0.2, 0.25) is 0 Å². The van der Waals surface area contributed by atoms with E-state index in [1.54, 1.807) is 0 Å². The van der Waals surface area contributed by atoms with Gasteiger partial charge in [0.05, 0.1) is 12.5 Å². The summed E-state index contributed by atoms with van der Waals surface area (Å²) in [6.45, 7) is 0.383. The lowest BCUT2D eigenvalue weighted by Gasteiger charge is -2.14. The van der Waals surface area contributed by atoms with E-state index in [2.05, 4.69) is 5.48 Å². The molecule has 1 aliphatic carbocycles. The molecule has 4 nitrogen and oxygen atoms in total. The molecule has 2 unspecified atom stereocenters.